The van der Waals surface area contributed by atoms with Crippen molar-refractivity contribution >= 4 is 11.3 Å². The lowest BCUT2D eigenvalue weighted by molar-refractivity contribution is 0.168. The van der Waals surface area contributed by atoms with Crippen LogP contribution in [0.2, 0.25) is 0 Å². The molecule has 0 aliphatic carbocycles. The van der Waals surface area contributed by atoms with Crippen LogP contribution in [0, 0.1) is 0 Å². The number of likely N-dealkylation sites (N-methyl/N-ethyl adjacent to an activating group) is 1. The molecule has 0 saturated carbocycles. The van der Waals surface area contributed by atoms with Crippen molar-refractivity contribution in [1.29, 1.82) is 0 Å². The normalized spacial score (nSPS) is 14.9. The molecule has 0 bridgehead atoms. The monoisotopic (exact) mass is 270 g/mol. The van der Waals surface area contributed by atoms with Gasteiger partial charge in [-0.15, -0.1) is 11.3 Å². The van der Waals surface area contributed by atoms with Crippen molar-refractivity contribution < 1.29 is 4.74 Å². The van der Waals surface area contributed by atoms with Gasteiger partial charge in [0.1, 0.15) is 0 Å². The SMILES string of the molecule is COCC(C)NCCN(C)C(C)Cc1cccs1. The van der Waals surface area contributed by atoms with E-state index in [1.807, 2.05) is 11.3 Å². The van der Waals surface area contributed by atoms with Gasteiger partial charge >= 0.3 is 0 Å². The number of methoxy groups -OCH3 is 1. The summed E-state index contributed by atoms with van der Waals surface area (Å²) in [6, 6.07) is 5.36. The van der Waals surface area contributed by atoms with Crippen LogP contribution in [0.5, 0.6) is 0 Å². The van der Waals surface area contributed by atoms with E-state index in [1.54, 1.807) is 7.11 Å². The highest BCUT2D eigenvalue weighted by molar-refractivity contribution is 7.09. The molecule has 1 rings (SSSR count). The van der Waals surface area contributed by atoms with E-state index in [4.69, 9.17) is 4.74 Å². The molecule has 0 aliphatic rings. The summed E-state index contributed by atoms with van der Waals surface area (Å²) in [5.74, 6) is 0. The van der Waals surface area contributed by atoms with Gasteiger partial charge in [0.05, 0.1) is 6.61 Å². The summed E-state index contributed by atoms with van der Waals surface area (Å²) in [5, 5.41) is 5.61. The molecule has 0 radical (unpaired) electrons. The fraction of sp³-hybridized carbons (Fsp3) is 0.714. The van der Waals surface area contributed by atoms with E-state index in [1.165, 1.54) is 4.88 Å². The first kappa shape index (κ1) is 15.6. The lowest BCUT2D eigenvalue weighted by Crippen LogP contribution is -2.40. The van der Waals surface area contributed by atoms with E-state index in [9.17, 15) is 0 Å². The third kappa shape index (κ3) is 5.96. The molecule has 0 aromatic carbocycles. The molecule has 18 heavy (non-hydrogen) atoms. The Bertz CT molecular complexity index is 303. The van der Waals surface area contributed by atoms with E-state index in [0.29, 0.717) is 12.1 Å². The van der Waals surface area contributed by atoms with Crippen molar-refractivity contribution in [3.8, 4) is 0 Å². The summed E-state index contributed by atoms with van der Waals surface area (Å²) in [7, 11) is 3.94. The van der Waals surface area contributed by atoms with Gasteiger partial charge in [0.25, 0.3) is 0 Å². The van der Waals surface area contributed by atoms with Crippen LogP contribution in [-0.2, 0) is 11.2 Å². The highest BCUT2D eigenvalue weighted by Crippen LogP contribution is 2.13. The van der Waals surface area contributed by atoms with Crippen molar-refractivity contribution in [2.75, 3.05) is 33.9 Å². The van der Waals surface area contributed by atoms with Crippen molar-refractivity contribution in [2.24, 2.45) is 0 Å². The smallest absolute Gasteiger partial charge is 0.0613 e. The molecule has 4 heteroatoms. The van der Waals surface area contributed by atoms with Gasteiger partial charge in [-0.1, -0.05) is 6.07 Å². The van der Waals surface area contributed by atoms with E-state index in [-0.39, 0.29) is 0 Å². The third-order valence-electron chi connectivity index (χ3n) is 3.20. The van der Waals surface area contributed by atoms with E-state index in [2.05, 4.69) is 48.6 Å². The summed E-state index contributed by atoms with van der Waals surface area (Å²) in [6.45, 7) is 7.29. The molecule has 0 aliphatic heterocycles. The quantitative estimate of drug-likeness (QED) is 0.745. The van der Waals surface area contributed by atoms with Gasteiger partial charge in [-0.25, -0.2) is 0 Å². The molecule has 2 unspecified atom stereocenters. The Morgan fingerprint density at radius 3 is 2.83 bits per heavy atom. The van der Waals surface area contributed by atoms with Crippen molar-refractivity contribution in [2.45, 2.75) is 32.4 Å². The van der Waals surface area contributed by atoms with Gasteiger partial charge in [-0.05, 0) is 38.8 Å². The van der Waals surface area contributed by atoms with Crippen LogP contribution in [-0.4, -0.2) is 50.8 Å². The summed E-state index contributed by atoms with van der Waals surface area (Å²) in [6.07, 6.45) is 1.14. The topological polar surface area (TPSA) is 24.5 Å². The van der Waals surface area contributed by atoms with Gasteiger partial charge in [0, 0.05) is 37.2 Å². The number of nitrogens with one attached hydrogen (secondary N) is 1. The van der Waals surface area contributed by atoms with Gasteiger partial charge in [-0.2, -0.15) is 0 Å². The van der Waals surface area contributed by atoms with E-state index in [0.717, 1.165) is 26.1 Å². The van der Waals surface area contributed by atoms with E-state index >= 15 is 0 Å². The fourth-order valence-corrected chi connectivity index (χ4v) is 2.72. The number of nitrogens with zero attached hydrogens (tertiary/aromatic N) is 1. The zero-order valence-electron chi connectivity index (χ0n) is 12.0. The first-order chi connectivity index (χ1) is 8.63. The number of hydrogen-bond donors (Lipinski definition) is 1. The Morgan fingerprint density at radius 2 is 2.22 bits per heavy atom. The van der Waals surface area contributed by atoms with Crippen molar-refractivity contribution in [3.05, 3.63) is 22.4 Å². The summed E-state index contributed by atoms with van der Waals surface area (Å²) in [5.41, 5.74) is 0. The number of hydrogen-bond acceptors (Lipinski definition) is 4. The average Bonchev–Trinajstić information content (AvgIpc) is 2.82. The zero-order chi connectivity index (χ0) is 13.4. The van der Waals surface area contributed by atoms with Crippen LogP contribution in [0.25, 0.3) is 0 Å². The Kier molecular flexibility index (Phi) is 7.51. The molecule has 0 amide bonds. The molecule has 0 spiro atoms. The first-order valence-corrected chi connectivity index (χ1v) is 7.46. The second-order valence-electron chi connectivity index (χ2n) is 4.92. The number of thiophene rings is 1. The fourth-order valence-electron chi connectivity index (χ4n) is 1.89. The van der Waals surface area contributed by atoms with Crippen LogP contribution < -0.4 is 5.32 Å². The molecule has 1 N–H and O–H groups in total. The standard InChI is InChI=1S/C14H26N2OS/c1-12(11-17-4)15-7-8-16(3)13(2)10-14-6-5-9-18-14/h5-6,9,12-13,15H,7-8,10-11H2,1-4H3. The summed E-state index contributed by atoms with van der Waals surface area (Å²) < 4.78 is 5.10. The van der Waals surface area contributed by atoms with Crippen LogP contribution in [0.4, 0.5) is 0 Å². The maximum atomic E-state index is 5.10. The molecular formula is C14H26N2OS. The minimum Gasteiger partial charge on any atom is -0.383 e. The highest BCUT2D eigenvalue weighted by atomic mass is 32.1. The average molecular weight is 270 g/mol. The van der Waals surface area contributed by atoms with Crippen LogP contribution in [0.1, 0.15) is 18.7 Å². The third-order valence-corrected chi connectivity index (χ3v) is 4.10. The Hall–Kier alpha value is -0.420. The molecule has 0 saturated heterocycles. The van der Waals surface area contributed by atoms with Crippen LogP contribution in [0.15, 0.2) is 17.5 Å². The predicted molar refractivity (Wildman–Crippen MR) is 79.5 cm³/mol. The van der Waals surface area contributed by atoms with Crippen LogP contribution in [0.3, 0.4) is 0 Å². The second kappa shape index (κ2) is 8.64. The van der Waals surface area contributed by atoms with E-state index < -0.39 is 0 Å². The maximum Gasteiger partial charge on any atom is 0.0613 e. The molecule has 104 valence electrons. The Morgan fingerprint density at radius 1 is 1.44 bits per heavy atom. The first-order valence-electron chi connectivity index (χ1n) is 6.58. The minimum absolute atomic E-state index is 0.427. The predicted octanol–water partition coefficient (Wildman–Crippen LogP) is 2.24. The second-order valence-corrected chi connectivity index (χ2v) is 5.96. The Labute approximate surface area is 115 Å². The molecule has 1 aromatic rings. The van der Waals surface area contributed by atoms with Gasteiger partial charge in [0.15, 0.2) is 0 Å². The number of rotatable bonds is 9. The summed E-state index contributed by atoms with van der Waals surface area (Å²) in [4.78, 5) is 3.88. The lowest BCUT2D eigenvalue weighted by Gasteiger charge is -2.25. The van der Waals surface area contributed by atoms with Gasteiger partial charge in [0.2, 0.25) is 0 Å². The molecule has 3 nitrogen and oxygen atoms in total. The van der Waals surface area contributed by atoms with Crippen molar-refractivity contribution in [3.63, 3.8) is 0 Å². The lowest BCUT2D eigenvalue weighted by atomic mass is 10.2. The zero-order valence-corrected chi connectivity index (χ0v) is 12.8. The summed E-state index contributed by atoms with van der Waals surface area (Å²) >= 11 is 1.85. The largest absolute Gasteiger partial charge is 0.383 e. The highest BCUT2D eigenvalue weighted by Gasteiger charge is 2.10. The number of ether oxygens (including phenoxy) is 1. The van der Waals surface area contributed by atoms with Gasteiger partial charge in [-0.3, -0.25) is 0 Å². The van der Waals surface area contributed by atoms with Gasteiger partial charge < -0.3 is 15.0 Å². The molecule has 0 fully saturated rings. The molecular weight excluding hydrogens is 244 g/mol. The molecule has 1 heterocycles. The maximum absolute atomic E-state index is 5.10. The van der Waals surface area contributed by atoms with Crippen molar-refractivity contribution in [1.82, 2.24) is 10.2 Å². The van der Waals surface area contributed by atoms with Crippen LogP contribution >= 0.6 is 11.3 Å². The molecule has 2 atom stereocenters. The Balaban J connectivity index is 2.17. The minimum atomic E-state index is 0.427. The molecule has 1 aromatic heterocycles.